The lowest BCUT2D eigenvalue weighted by Crippen LogP contribution is -2.42. The number of hydrogen-bond donors (Lipinski definition) is 2. The molecule has 11 heteroatoms. The Kier molecular flexibility index (Phi) is 6.27. The van der Waals surface area contributed by atoms with Crippen molar-refractivity contribution in [3.05, 3.63) is 54.1 Å². The van der Waals surface area contributed by atoms with E-state index in [-0.39, 0.29) is 43.5 Å². The van der Waals surface area contributed by atoms with Gasteiger partial charge in [-0.3, -0.25) is 19.0 Å². The lowest BCUT2D eigenvalue weighted by molar-refractivity contribution is -0.138. The van der Waals surface area contributed by atoms with Gasteiger partial charge in [0.05, 0.1) is 23.4 Å². The molecule has 0 atom stereocenters. The Morgan fingerprint density at radius 3 is 2.29 bits per heavy atom. The number of hydrogen-bond acceptors (Lipinski definition) is 5. The maximum atomic E-state index is 13.3. The number of fused-ring (bicyclic) bond motifs is 1. The minimum Gasteiger partial charge on any atom is -0.481 e. The number of rotatable bonds is 4. The van der Waals surface area contributed by atoms with Crippen molar-refractivity contribution >= 4 is 28.8 Å². The van der Waals surface area contributed by atoms with Crippen molar-refractivity contribution < 1.29 is 28.3 Å². The average Bonchev–Trinajstić information content (AvgIpc) is 3.59. The molecule has 0 bridgehead atoms. The Morgan fingerprint density at radius 2 is 1.76 bits per heavy atom. The lowest BCUT2D eigenvalue weighted by atomic mass is 10.1. The number of aliphatic carboxylic acids is 1. The number of alkyl halides is 2. The number of piperidine rings is 1. The molecule has 0 spiro atoms. The van der Waals surface area contributed by atoms with Crippen LogP contribution >= 0.6 is 0 Å². The van der Waals surface area contributed by atoms with Gasteiger partial charge < -0.3 is 15.7 Å². The fourth-order valence-corrected chi connectivity index (χ4v) is 3.57. The summed E-state index contributed by atoms with van der Waals surface area (Å²) in [6.45, 7) is 0.0610. The summed E-state index contributed by atoms with van der Waals surface area (Å²) >= 11 is 0. The van der Waals surface area contributed by atoms with Gasteiger partial charge >= 0.3 is 5.97 Å². The van der Waals surface area contributed by atoms with E-state index >= 15 is 0 Å². The number of pyridine rings is 2. The first-order valence-corrected chi connectivity index (χ1v) is 10.8. The highest BCUT2D eigenvalue weighted by molar-refractivity contribution is 5.97. The van der Waals surface area contributed by atoms with Gasteiger partial charge in [0.1, 0.15) is 11.3 Å². The van der Waals surface area contributed by atoms with E-state index < -0.39 is 17.8 Å². The minimum absolute atomic E-state index is 0.0185. The molecular formula is C23H23F2N5O4. The van der Waals surface area contributed by atoms with E-state index in [0.29, 0.717) is 16.9 Å². The van der Waals surface area contributed by atoms with E-state index in [1.54, 1.807) is 29.0 Å². The molecule has 3 aromatic heterocycles. The van der Waals surface area contributed by atoms with Crippen molar-refractivity contribution in [3.63, 3.8) is 0 Å². The number of carboxylic acid groups (broad SMARTS) is 1. The highest BCUT2D eigenvalue weighted by Crippen LogP contribution is 2.29. The molecule has 1 aliphatic carbocycles. The maximum absolute atomic E-state index is 13.3. The summed E-state index contributed by atoms with van der Waals surface area (Å²) in [5.41, 5.74) is 7.01. The Labute approximate surface area is 193 Å². The molecule has 0 radical (unpaired) electrons. The van der Waals surface area contributed by atoms with Crippen molar-refractivity contribution in [2.75, 3.05) is 13.1 Å². The standard InChI is InChI=1S/C19H17F2N5O2.C4H6O2/c20-19(21)4-7-25(8-5-19)18(28)13-9-12-3-6-26(17(12)24-10-13)14-1-2-15(16(22)27)23-11-14;5-4(6)3-1-2-3/h1-3,6,9-11H,4-5,7-8H2,(H2,22,27);3H,1-2H2,(H,5,6). The molecule has 4 heterocycles. The third kappa shape index (κ3) is 5.19. The van der Waals surface area contributed by atoms with E-state index in [9.17, 15) is 23.2 Å². The number of carbonyl (C=O) groups is 3. The second kappa shape index (κ2) is 9.16. The predicted molar refractivity (Wildman–Crippen MR) is 118 cm³/mol. The first kappa shape index (κ1) is 23.3. The lowest BCUT2D eigenvalue weighted by Gasteiger charge is -2.31. The molecule has 2 fully saturated rings. The molecule has 5 rings (SSSR count). The van der Waals surface area contributed by atoms with E-state index in [1.807, 2.05) is 0 Å². The van der Waals surface area contributed by atoms with Gasteiger partial charge in [0.25, 0.3) is 17.7 Å². The number of likely N-dealkylation sites (tertiary alicyclic amines) is 1. The quantitative estimate of drug-likeness (QED) is 0.602. The topological polar surface area (TPSA) is 131 Å². The largest absolute Gasteiger partial charge is 0.481 e. The zero-order chi connectivity index (χ0) is 24.5. The van der Waals surface area contributed by atoms with Crippen LogP contribution in [-0.2, 0) is 4.79 Å². The monoisotopic (exact) mass is 471 g/mol. The van der Waals surface area contributed by atoms with Gasteiger partial charge in [0, 0.05) is 43.7 Å². The smallest absolute Gasteiger partial charge is 0.306 e. The van der Waals surface area contributed by atoms with Gasteiger partial charge in [0.15, 0.2) is 0 Å². The zero-order valence-electron chi connectivity index (χ0n) is 18.2. The number of nitrogens with zero attached hydrogens (tertiary/aromatic N) is 4. The summed E-state index contributed by atoms with van der Waals surface area (Å²) in [5.74, 6) is -4.22. The van der Waals surface area contributed by atoms with Crippen LogP contribution in [0.4, 0.5) is 8.78 Å². The van der Waals surface area contributed by atoms with Gasteiger partial charge in [-0.2, -0.15) is 0 Å². The number of amides is 2. The zero-order valence-corrected chi connectivity index (χ0v) is 18.2. The number of carbonyl (C=O) groups excluding carboxylic acids is 2. The first-order valence-electron chi connectivity index (χ1n) is 10.8. The Bertz CT molecular complexity index is 1230. The third-order valence-corrected chi connectivity index (χ3v) is 5.76. The van der Waals surface area contributed by atoms with Gasteiger partial charge in [-0.15, -0.1) is 0 Å². The summed E-state index contributed by atoms with van der Waals surface area (Å²) in [6, 6.07) is 6.71. The van der Waals surface area contributed by atoms with Crippen LogP contribution in [0.1, 0.15) is 46.5 Å². The molecule has 34 heavy (non-hydrogen) atoms. The molecule has 3 aromatic rings. The molecule has 1 saturated heterocycles. The van der Waals surface area contributed by atoms with Crippen molar-refractivity contribution in [2.45, 2.75) is 31.6 Å². The van der Waals surface area contributed by atoms with Crippen LogP contribution in [0.25, 0.3) is 16.7 Å². The molecule has 2 amide bonds. The molecule has 2 aliphatic rings. The van der Waals surface area contributed by atoms with E-state index in [4.69, 9.17) is 10.8 Å². The van der Waals surface area contributed by atoms with Crippen LogP contribution in [0.15, 0.2) is 42.9 Å². The third-order valence-electron chi connectivity index (χ3n) is 5.76. The van der Waals surface area contributed by atoms with Crippen molar-refractivity contribution in [3.8, 4) is 5.69 Å². The normalized spacial score (nSPS) is 17.1. The van der Waals surface area contributed by atoms with Gasteiger partial charge in [-0.25, -0.2) is 18.7 Å². The summed E-state index contributed by atoms with van der Waals surface area (Å²) in [5, 5.41) is 8.78. The van der Waals surface area contributed by atoms with Crippen LogP contribution in [0.3, 0.4) is 0 Å². The fraction of sp³-hybridized carbons (Fsp3) is 0.348. The maximum Gasteiger partial charge on any atom is 0.306 e. The molecule has 3 N–H and O–H groups in total. The van der Waals surface area contributed by atoms with E-state index in [0.717, 1.165) is 18.2 Å². The number of aromatic nitrogens is 3. The van der Waals surface area contributed by atoms with Crippen molar-refractivity contribution in [1.29, 1.82) is 0 Å². The average molecular weight is 471 g/mol. The second-order valence-electron chi connectivity index (χ2n) is 8.35. The van der Waals surface area contributed by atoms with E-state index in [1.165, 1.54) is 23.4 Å². The summed E-state index contributed by atoms with van der Waals surface area (Å²) in [4.78, 5) is 43.3. The number of primary amides is 1. The molecule has 1 saturated carbocycles. The molecule has 0 aromatic carbocycles. The molecular weight excluding hydrogens is 448 g/mol. The summed E-state index contributed by atoms with van der Waals surface area (Å²) in [7, 11) is 0. The van der Waals surface area contributed by atoms with Crippen LogP contribution in [-0.4, -0.2) is 61.3 Å². The summed E-state index contributed by atoms with van der Waals surface area (Å²) in [6.07, 6.45) is 5.88. The minimum atomic E-state index is -2.70. The SMILES string of the molecule is NC(=O)c1ccc(-n2ccc3cc(C(=O)N4CCC(F)(F)CC4)cnc32)cn1.O=C(O)C1CC1. The highest BCUT2D eigenvalue weighted by atomic mass is 19.3. The Balaban J connectivity index is 0.000000398. The van der Waals surface area contributed by atoms with Crippen LogP contribution in [0.2, 0.25) is 0 Å². The number of halogens is 2. The van der Waals surface area contributed by atoms with Gasteiger partial charge in [0.2, 0.25) is 0 Å². The van der Waals surface area contributed by atoms with Gasteiger partial charge in [-0.1, -0.05) is 0 Å². The number of carboxylic acids is 1. The predicted octanol–water partition coefficient (Wildman–Crippen LogP) is 2.87. The first-order chi connectivity index (χ1) is 16.1. The molecule has 178 valence electrons. The van der Waals surface area contributed by atoms with Crippen molar-refractivity contribution in [2.24, 2.45) is 11.7 Å². The Hall–Kier alpha value is -3.89. The van der Waals surface area contributed by atoms with Crippen LogP contribution in [0.5, 0.6) is 0 Å². The van der Waals surface area contributed by atoms with E-state index in [2.05, 4.69) is 9.97 Å². The summed E-state index contributed by atoms with van der Waals surface area (Å²) < 4.78 is 28.4. The number of nitrogens with two attached hydrogens (primary N) is 1. The van der Waals surface area contributed by atoms with Crippen molar-refractivity contribution in [1.82, 2.24) is 19.4 Å². The fourth-order valence-electron chi connectivity index (χ4n) is 3.57. The van der Waals surface area contributed by atoms with Crippen LogP contribution < -0.4 is 5.73 Å². The highest BCUT2D eigenvalue weighted by Gasteiger charge is 2.35. The Morgan fingerprint density at radius 1 is 1.06 bits per heavy atom. The molecule has 0 unspecified atom stereocenters. The van der Waals surface area contributed by atoms with Crippen LogP contribution in [0, 0.1) is 5.92 Å². The molecule has 1 aliphatic heterocycles. The molecule has 9 nitrogen and oxygen atoms in total. The van der Waals surface area contributed by atoms with Gasteiger partial charge in [-0.05, 0) is 37.1 Å². The second-order valence-corrected chi connectivity index (χ2v) is 8.35.